The summed E-state index contributed by atoms with van der Waals surface area (Å²) in [5, 5.41) is 2.45. The quantitative estimate of drug-likeness (QED) is 0.772. The molecule has 0 amide bonds. The largest absolute Gasteiger partial charge is 0.493 e. The first-order valence-electron chi connectivity index (χ1n) is 4.53. The van der Waals surface area contributed by atoms with Crippen LogP contribution in [-0.4, -0.2) is 19.2 Å². The maximum Gasteiger partial charge on any atom is 0.161 e. The van der Waals surface area contributed by atoms with E-state index in [2.05, 4.69) is 4.98 Å². The molecule has 0 saturated heterocycles. The van der Waals surface area contributed by atoms with E-state index >= 15 is 0 Å². The van der Waals surface area contributed by atoms with Crippen LogP contribution in [0, 0.1) is 0 Å². The molecule has 0 bridgehead atoms. The van der Waals surface area contributed by atoms with E-state index in [4.69, 9.17) is 32.7 Å². The fourth-order valence-corrected chi connectivity index (χ4v) is 1.91. The Hall–Kier alpha value is -1.19. The van der Waals surface area contributed by atoms with Gasteiger partial charge in [-0.25, -0.2) is 4.98 Å². The number of pyridine rings is 1. The highest BCUT2D eigenvalue weighted by atomic mass is 35.5. The molecule has 0 N–H and O–H groups in total. The molecule has 2 aromatic rings. The molecule has 0 saturated carbocycles. The lowest BCUT2D eigenvalue weighted by Crippen LogP contribution is -1.91. The summed E-state index contributed by atoms with van der Waals surface area (Å²) in [5.74, 6) is 1.21. The Labute approximate surface area is 103 Å². The van der Waals surface area contributed by atoms with Crippen LogP contribution in [0.3, 0.4) is 0 Å². The van der Waals surface area contributed by atoms with Crippen molar-refractivity contribution < 1.29 is 9.47 Å². The summed E-state index contributed by atoms with van der Waals surface area (Å²) in [6, 6.07) is 3.54. The second kappa shape index (κ2) is 4.36. The first-order valence-corrected chi connectivity index (χ1v) is 5.28. The second-order valence-corrected chi connectivity index (χ2v) is 3.91. The number of rotatable bonds is 2. The third-order valence-electron chi connectivity index (χ3n) is 2.29. The number of hydrogen-bond donors (Lipinski definition) is 0. The van der Waals surface area contributed by atoms with Crippen molar-refractivity contribution in [2.24, 2.45) is 0 Å². The van der Waals surface area contributed by atoms with Crippen LogP contribution in [0.1, 0.15) is 0 Å². The van der Waals surface area contributed by atoms with Crippen molar-refractivity contribution in [3.05, 3.63) is 28.5 Å². The van der Waals surface area contributed by atoms with Gasteiger partial charge in [0.2, 0.25) is 0 Å². The Bertz CT molecular complexity index is 494. The van der Waals surface area contributed by atoms with Gasteiger partial charge in [-0.3, -0.25) is 0 Å². The topological polar surface area (TPSA) is 31.4 Å². The van der Waals surface area contributed by atoms with Gasteiger partial charge in [0.05, 0.1) is 19.2 Å². The fraction of sp³-hybridized carbons (Fsp3) is 0.182. The summed E-state index contributed by atoms with van der Waals surface area (Å²) in [7, 11) is 3.13. The van der Waals surface area contributed by atoms with Crippen LogP contribution in [0.25, 0.3) is 10.8 Å². The first-order chi connectivity index (χ1) is 7.67. The van der Waals surface area contributed by atoms with Crippen LogP contribution in [0.4, 0.5) is 0 Å². The van der Waals surface area contributed by atoms with E-state index in [1.54, 1.807) is 26.4 Å². The second-order valence-electron chi connectivity index (χ2n) is 3.15. The highest BCUT2D eigenvalue weighted by molar-refractivity contribution is 6.39. The van der Waals surface area contributed by atoms with Gasteiger partial charge in [0.15, 0.2) is 11.5 Å². The molecule has 0 fully saturated rings. The third kappa shape index (κ3) is 1.77. The summed E-state index contributed by atoms with van der Waals surface area (Å²) >= 11 is 12.0. The van der Waals surface area contributed by atoms with E-state index in [1.807, 2.05) is 0 Å². The molecular weight excluding hydrogens is 249 g/mol. The summed E-state index contributed by atoms with van der Waals surface area (Å²) in [6.07, 6.45) is 1.51. The van der Waals surface area contributed by atoms with Crippen LogP contribution in [-0.2, 0) is 0 Å². The predicted molar refractivity (Wildman–Crippen MR) is 64.9 cm³/mol. The summed E-state index contributed by atoms with van der Waals surface area (Å²) in [5.41, 5.74) is 0. The van der Waals surface area contributed by atoms with Crippen molar-refractivity contribution in [2.75, 3.05) is 14.2 Å². The molecule has 1 aromatic carbocycles. The number of nitrogens with zero attached hydrogens (tertiary/aromatic N) is 1. The van der Waals surface area contributed by atoms with Crippen molar-refractivity contribution >= 4 is 34.0 Å². The van der Waals surface area contributed by atoms with Crippen LogP contribution < -0.4 is 9.47 Å². The third-order valence-corrected chi connectivity index (χ3v) is 2.90. The first kappa shape index (κ1) is 11.3. The SMILES string of the molecule is COc1cc2c(Cl)cnc(Cl)c2cc1OC. The molecule has 16 heavy (non-hydrogen) atoms. The number of fused-ring (bicyclic) bond motifs is 1. The summed E-state index contributed by atoms with van der Waals surface area (Å²) in [6.45, 7) is 0. The van der Waals surface area contributed by atoms with Crippen LogP contribution in [0.5, 0.6) is 11.5 Å². The van der Waals surface area contributed by atoms with Crippen LogP contribution in [0.2, 0.25) is 10.2 Å². The highest BCUT2D eigenvalue weighted by Gasteiger charge is 2.11. The number of methoxy groups -OCH3 is 2. The Kier molecular flexibility index (Phi) is 3.08. The van der Waals surface area contributed by atoms with Crippen LogP contribution in [0.15, 0.2) is 18.3 Å². The molecule has 0 aliphatic heterocycles. The maximum absolute atomic E-state index is 6.04. The smallest absolute Gasteiger partial charge is 0.161 e. The minimum atomic E-state index is 0.389. The van der Waals surface area contributed by atoms with Gasteiger partial charge in [-0.1, -0.05) is 23.2 Å². The van der Waals surface area contributed by atoms with Gasteiger partial charge >= 0.3 is 0 Å². The monoisotopic (exact) mass is 257 g/mol. The molecule has 3 nitrogen and oxygen atoms in total. The van der Waals surface area contributed by atoms with Crippen molar-refractivity contribution in [2.45, 2.75) is 0 Å². The number of aromatic nitrogens is 1. The molecule has 84 valence electrons. The molecule has 0 aliphatic carbocycles. The van der Waals surface area contributed by atoms with E-state index < -0.39 is 0 Å². The van der Waals surface area contributed by atoms with Crippen molar-refractivity contribution in [3.63, 3.8) is 0 Å². The molecule has 1 heterocycles. The number of benzene rings is 1. The average Bonchev–Trinajstić information content (AvgIpc) is 2.32. The van der Waals surface area contributed by atoms with Crippen LogP contribution >= 0.6 is 23.2 Å². The Morgan fingerprint density at radius 2 is 1.56 bits per heavy atom. The molecule has 0 aliphatic rings. The number of halogens is 2. The van der Waals surface area contributed by atoms with Gasteiger partial charge in [0.25, 0.3) is 0 Å². The molecule has 1 aromatic heterocycles. The summed E-state index contributed by atoms with van der Waals surface area (Å²) < 4.78 is 10.4. The van der Waals surface area contributed by atoms with Gasteiger partial charge in [-0.15, -0.1) is 0 Å². The molecular formula is C11H9Cl2NO2. The zero-order valence-electron chi connectivity index (χ0n) is 8.75. The van der Waals surface area contributed by atoms with Gasteiger partial charge < -0.3 is 9.47 Å². The standard InChI is InChI=1S/C11H9Cl2NO2/c1-15-9-3-6-7(4-10(9)16-2)11(13)14-5-8(6)12/h3-5H,1-2H3. The zero-order valence-corrected chi connectivity index (χ0v) is 10.3. The minimum absolute atomic E-state index is 0.389. The molecule has 0 atom stereocenters. The van der Waals surface area contributed by atoms with E-state index in [0.717, 1.165) is 10.8 Å². The Morgan fingerprint density at radius 1 is 1.00 bits per heavy atom. The van der Waals surface area contributed by atoms with E-state index in [0.29, 0.717) is 21.7 Å². The lowest BCUT2D eigenvalue weighted by Gasteiger charge is -2.10. The van der Waals surface area contributed by atoms with E-state index in [1.165, 1.54) is 6.20 Å². The molecule has 0 unspecified atom stereocenters. The molecule has 0 radical (unpaired) electrons. The lowest BCUT2D eigenvalue weighted by molar-refractivity contribution is 0.356. The normalized spacial score (nSPS) is 10.5. The van der Waals surface area contributed by atoms with Gasteiger partial charge in [0, 0.05) is 17.0 Å². The van der Waals surface area contributed by atoms with Gasteiger partial charge in [-0.2, -0.15) is 0 Å². The van der Waals surface area contributed by atoms with Gasteiger partial charge in [-0.05, 0) is 12.1 Å². The minimum Gasteiger partial charge on any atom is -0.493 e. The Balaban J connectivity index is 2.82. The average molecular weight is 258 g/mol. The zero-order chi connectivity index (χ0) is 11.7. The van der Waals surface area contributed by atoms with Gasteiger partial charge in [0.1, 0.15) is 5.15 Å². The lowest BCUT2D eigenvalue weighted by atomic mass is 10.1. The number of ether oxygens (including phenoxy) is 2. The molecule has 2 rings (SSSR count). The maximum atomic E-state index is 6.04. The molecule has 0 spiro atoms. The predicted octanol–water partition coefficient (Wildman–Crippen LogP) is 3.56. The highest BCUT2D eigenvalue weighted by Crippen LogP contribution is 2.37. The Morgan fingerprint density at radius 3 is 2.12 bits per heavy atom. The fourth-order valence-electron chi connectivity index (χ4n) is 1.50. The van der Waals surface area contributed by atoms with Crippen molar-refractivity contribution in [1.29, 1.82) is 0 Å². The molecule has 5 heteroatoms. The number of hydrogen-bond acceptors (Lipinski definition) is 3. The van der Waals surface area contributed by atoms with E-state index in [9.17, 15) is 0 Å². The van der Waals surface area contributed by atoms with Crippen molar-refractivity contribution in [1.82, 2.24) is 4.98 Å². The van der Waals surface area contributed by atoms with E-state index in [-0.39, 0.29) is 0 Å². The van der Waals surface area contributed by atoms with Crippen molar-refractivity contribution in [3.8, 4) is 11.5 Å². The summed E-state index contributed by atoms with van der Waals surface area (Å²) in [4.78, 5) is 3.97.